The van der Waals surface area contributed by atoms with Gasteiger partial charge in [-0.1, -0.05) is 0 Å². The van der Waals surface area contributed by atoms with Crippen LogP contribution in [0, 0.1) is 12.7 Å². The normalized spacial score (nSPS) is 11.3. The summed E-state index contributed by atoms with van der Waals surface area (Å²) in [5.74, 6) is -0.627. The second-order valence-corrected chi connectivity index (χ2v) is 3.87. The van der Waals surface area contributed by atoms with Crippen LogP contribution in [-0.4, -0.2) is 21.0 Å². The largest absolute Gasteiger partial charge is 0.296 e. The van der Waals surface area contributed by atoms with E-state index in [0.29, 0.717) is 5.69 Å². The molecule has 2 heterocycles. The zero-order chi connectivity index (χ0) is 12.6. The van der Waals surface area contributed by atoms with Crippen molar-refractivity contribution in [1.29, 1.82) is 0 Å². The van der Waals surface area contributed by atoms with Crippen LogP contribution in [0.2, 0.25) is 0 Å². The summed E-state index contributed by atoms with van der Waals surface area (Å²) >= 11 is 2.95. The molecule has 0 amide bonds. The van der Waals surface area contributed by atoms with Crippen molar-refractivity contribution in [3.05, 3.63) is 40.1 Å². The third-order valence-corrected chi connectivity index (χ3v) is 2.54. The first-order chi connectivity index (χ1) is 8.00. The summed E-state index contributed by atoms with van der Waals surface area (Å²) in [7, 11) is 0. The van der Waals surface area contributed by atoms with E-state index in [4.69, 9.17) is 1.37 Å². The van der Waals surface area contributed by atoms with E-state index in [1.807, 2.05) is 0 Å². The molecule has 2 aromatic rings. The highest BCUT2D eigenvalue weighted by Crippen LogP contribution is 2.20. The van der Waals surface area contributed by atoms with Gasteiger partial charge in [0.05, 0.1) is 5.69 Å². The Bertz CT molecular complexity index is 599. The van der Waals surface area contributed by atoms with Crippen LogP contribution >= 0.6 is 15.9 Å². The van der Waals surface area contributed by atoms with E-state index < -0.39 is 12.1 Å². The Kier molecular flexibility index (Phi) is 2.49. The van der Waals surface area contributed by atoms with Crippen LogP contribution in [0.25, 0.3) is 5.69 Å². The van der Waals surface area contributed by atoms with Crippen LogP contribution in [0.4, 0.5) is 4.39 Å². The molecule has 0 aliphatic heterocycles. The summed E-state index contributed by atoms with van der Waals surface area (Å²) in [5, 5.41) is 3.99. The number of aromatic nitrogens is 3. The number of nitrogens with zero attached hydrogens (tertiary/aromatic N) is 3. The van der Waals surface area contributed by atoms with Crippen LogP contribution in [0.5, 0.6) is 0 Å². The smallest absolute Gasteiger partial charge is 0.181 e. The summed E-state index contributed by atoms with van der Waals surface area (Å²) in [5.41, 5.74) is 0.628. The van der Waals surface area contributed by atoms with Crippen molar-refractivity contribution < 1.29 is 10.6 Å². The van der Waals surface area contributed by atoms with E-state index >= 15 is 0 Å². The molecule has 0 unspecified atom stereocenters. The minimum absolute atomic E-state index is 0.0134. The molecule has 16 heavy (non-hydrogen) atoms. The maximum Gasteiger partial charge on any atom is 0.181 e. The van der Waals surface area contributed by atoms with Gasteiger partial charge in [-0.2, -0.15) is 5.10 Å². The van der Waals surface area contributed by atoms with E-state index in [-0.39, 0.29) is 16.0 Å². The first-order valence-electron chi connectivity index (χ1n) is 4.88. The Hall–Kier alpha value is -1.56. The van der Waals surface area contributed by atoms with Crippen molar-refractivity contribution in [3.63, 3.8) is 0 Å². The Balaban J connectivity index is 2.68. The highest BCUT2D eigenvalue weighted by atomic mass is 79.9. The summed E-state index contributed by atoms with van der Waals surface area (Å²) in [4.78, 5) is 14.8. The van der Waals surface area contributed by atoms with Gasteiger partial charge < -0.3 is 0 Å². The Labute approximate surface area is 101 Å². The molecule has 2 aromatic heterocycles. The van der Waals surface area contributed by atoms with Crippen LogP contribution < -0.4 is 0 Å². The first-order valence-corrected chi connectivity index (χ1v) is 5.18. The van der Waals surface area contributed by atoms with E-state index in [2.05, 4.69) is 26.0 Å². The Morgan fingerprint density at radius 1 is 1.69 bits per heavy atom. The summed E-state index contributed by atoms with van der Waals surface area (Å²) < 4.78 is 22.0. The van der Waals surface area contributed by atoms with Crippen molar-refractivity contribution in [2.75, 3.05) is 0 Å². The molecule has 0 saturated carbocycles. The predicted octanol–water partition coefficient (Wildman–Crippen LogP) is 2.29. The SMILES string of the molecule is [2H]C(=O)c1cc(C)nn1-c1ccnc(Br)c1F. The van der Waals surface area contributed by atoms with Gasteiger partial charge in [-0.15, -0.1) is 0 Å². The van der Waals surface area contributed by atoms with Crippen molar-refractivity contribution in [2.24, 2.45) is 0 Å². The second-order valence-electron chi connectivity index (χ2n) is 3.12. The molecule has 0 atom stereocenters. The van der Waals surface area contributed by atoms with Crippen molar-refractivity contribution in [2.45, 2.75) is 6.92 Å². The maximum absolute atomic E-state index is 13.8. The molecule has 0 saturated heterocycles. The number of pyridine rings is 1. The van der Waals surface area contributed by atoms with Crippen LogP contribution in [0.1, 0.15) is 17.6 Å². The molecule has 0 spiro atoms. The molecule has 6 heteroatoms. The Morgan fingerprint density at radius 2 is 2.44 bits per heavy atom. The van der Waals surface area contributed by atoms with Gasteiger partial charge in [-0.25, -0.2) is 14.1 Å². The highest BCUT2D eigenvalue weighted by Gasteiger charge is 2.13. The van der Waals surface area contributed by atoms with Gasteiger partial charge in [0.15, 0.2) is 12.1 Å². The molecule has 2 rings (SSSR count). The van der Waals surface area contributed by atoms with Gasteiger partial charge in [0.1, 0.15) is 17.4 Å². The van der Waals surface area contributed by atoms with E-state index in [9.17, 15) is 9.18 Å². The summed E-state index contributed by atoms with van der Waals surface area (Å²) in [6, 6.07) is 2.82. The Morgan fingerprint density at radius 3 is 3.12 bits per heavy atom. The molecule has 0 aromatic carbocycles. The number of carbonyl (C=O) groups is 1. The number of halogens is 2. The minimum atomic E-state index is -0.919. The van der Waals surface area contributed by atoms with Crippen molar-refractivity contribution in [1.82, 2.24) is 14.8 Å². The first kappa shape index (κ1) is 9.65. The molecule has 0 N–H and O–H groups in total. The molecule has 82 valence electrons. The standard InChI is InChI=1S/C10H7BrFN3O/c1-6-4-7(5-16)15(14-6)8-2-3-13-10(11)9(8)12/h2-5H,1H3/i5D. The summed E-state index contributed by atoms with van der Waals surface area (Å²) in [6.45, 7) is 1.66. The molecule has 0 bridgehead atoms. The molecule has 4 nitrogen and oxygen atoms in total. The van der Waals surface area contributed by atoms with Gasteiger partial charge in [-0.3, -0.25) is 4.79 Å². The van der Waals surface area contributed by atoms with Crippen LogP contribution in [0.3, 0.4) is 0 Å². The fraction of sp³-hybridized carbons (Fsp3) is 0.100. The average molecular weight is 285 g/mol. The van der Waals surface area contributed by atoms with Crippen LogP contribution in [-0.2, 0) is 0 Å². The number of aryl methyl sites for hydroxylation is 1. The molecular weight excluding hydrogens is 277 g/mol. The lowest BCUT2D eigenvalue weighted by Gasteiger charge is -2.05. The molecule has 0 aliphatic rings. The minimum Gasteiger partial charge on any atom is -0.296 e. The lowest BCUT2D eigenvalue weighted by atomic mass is 10.3. The molecular formula is C10H7BrFN3O. The van der Waals surface area contributed by atoms with E-state index in [1.165, 1.54) is 18.3 Å². The predicted molar refractivity (Wildman–Crippen MR) is 59.1 cm³/mol. The average Bonchev–Trinajstić information content (AvgIpc) is 2.64. The molecule has 0 radical (unpaired) electrons. The number of aldehydes is 1. The van der Waals surface area contributed by atoms with Crippen molar-refractivity contribution >= 4 is 22.2 Å². The zero-order valence-electron chi connectivity index (χ0n) is 9.24. The van der Waals surface area contributed by atoms with Crippen molar-refractivity contribution in [3.8, 4) is 5.69 Å². The van der Waals surface area contributed by atoms with Crippen LogP contribution in [0.15, 0.2) is 22.9 Å². The monoisotopic (exact) mass is 284 g/mol. The quantitative estimate of drug-likeness (QED) is 0.628. The maximum atomic E-state index is 13.8. The third kappa shape index (κ3) is 1.76. The van der Waals surface area contributed by atoms with Gasteiger partial charge in [-0.05, 0) is 35.0 Å². The van der Waals surface area contributed by atoms with Gasteiger partial charge in [0, 0.05) is 6.20 Å². The third-order valence-electron chi connectivity index (χ3n) is 1.99. The lowest BCUT2D eigenvalue weighted by Crippen LogP contribution is -2.05. The number of rotatable bonds is 2. The molecule has 0 aliphatic carbocycles. The molecule has 0 fully saturated rings. The van der Waals surface area contributed by atoms with E-state index in [1.54, 1.807) is 6.92 Å². The lowest BCUT2D eigenvalue weighted by molar-refractivity contribution is 0.111. The van der Waals surface area contributed by atoms with Gasteiger partial charge in [0.2, 0.25) is 0 Å². The summed E-state index contributed by atoms with van der Waals surface area (Å²) in [6.07, 6.45) is 0.468. The zero-order valence-corrected chi connectivity index (χ0v) is 9.82. The number of hydrogen-bond donors (Lipinski definition) is 0. The van der Waals surface area contributed by atoms with E-state index in [0.717, 1.165) is 4.68 Å². The highest BCUT2D eigenvalue weighted by molar-refractivity contribution is 9.10. The number of carbonyl (C=O) groups excluding carboxylic acids is 1. The second kappa shape index (κ2) is 4.13. The van der Waals surface area contributed by atoms with Gasteiger partial charge >= 0.3 is 0 Å². The fourth-order valence-corrected chi connectivity index (χ4v) is 1.65. The van der Waals surface area contributed by atoms with Gasteiger partial charge in [0.25, 0.3) is 0 Å². The number of hydrogen-bond acceptors (Lipinski definition) is 3. The topological polar surface area (TPSA) is 47.8 Å². The fourth-order valence-electron chi connectivity index (χ4n) is 1.33.